The van der Waals surface area contributed by atoms with Crippen molar-refractivity contribution in [3.63, 3.8) is 0 Å². The smallest absolute Gasteiger partial charge is 0.146 e. The molecule has 3 rings (SSSR count). The summed E-state index contributed by atoms with van der Waals surface area (Å²) in [6.07, 6.45) is 0. The molecular formula is C23H25FN2O2. The van der Waals surface area contributed by atoms with Crippen LogP contribution in [0.5, 0.6) is 11.5 Å². The summed E-state index contributed by atoms with van der Waals surface area (Å²) < 4.78 is 25.2. The van der Waals surface area contributed by atoms with Crippen LogP contribution in [-0.2, 0) is 13.1 Å². The Bertz CT molecular complexity index is 846. The molecule has 4 nitrogen and oxygen atoms in total. The fourth-order valence-electron chi connectivity index (χ4n) is 3.04. The van der Waals surface area contributed by atoms with Crippen molar-refractivity contribution in [2.45, 2.75) is 13.1 Å². The Balaban J connectivity index is 1.92. The minimum atomic E-state index is -0.249. The van der Waals surface area contributed by atoms with Crippen molar-refractivity contribution in [2.75, 3.05) is 31.5 Å². The third kappa shape index (κ3) is 4.74. The van der Waals surface area contributed by atoms with Gasteiger partial charge < -0.3 is 19.7 Å². The number of methoxy groups -OCH3 is 2. The maximum absolute atomic E-state index is 14.7. The lowest BCUT2D eigenvalue weighted by Crippen LogP contribution is -2.23. The van der Waals surface area contributed by atoms with Crippen molar-refractivity contribution in [1.29, 1.82) is 0 Å². The highest BCUT2D eigenvalue weighted by molar-refractivity contribution is 5.59. The molecule has 5 heteroatoms. The highest BCUT2D eigenvalue weighted by Gasteiger charge is 2.14. The molecule has 0 bridgehead atoms. The summed E-state index contributed by atoms with van der Waals surface area (Å²) in [5, 5.41) is 3.08. The van der Waals surface area contributed by atoms with Crippen LogP contribution < -0.4 is 19.7 Å². The second-order valence-electron chi connectivity index (χ2n) is 6.47. The number of benzene rings is 3. The highest BCUT2D eigenvalue weighted by Crippen LogP contribution is 2.27. The molecule has 0 aromatic heterocycles. The lowest BCUT2D eigenvalue weighted by Gasteiger charge is -2.26. The van der Waals surface area contributed by atoms with Crippen LogP contribution in [0, 0.1) is 5.82 Å². The fourth-order valence-corrected chi connectivity index (χ4v) is 3.04. The van der Waals surface area contributed by atoms with Crippen LogP contribution in [0.1, 0.15) is 11.1 Å². The lowest BCUT2D eigenvalue weighted by molar-refractivity contribution is 0.414. The first kappa shape index (κ1) is 19.5. The van der Waals surface area contributed by atoms with E-state index in [1.165, 1.54) is 6.07 Å². The molecule has 0 spiro atoms. The zero-order chi connectivity index (χ0) is 19.9. The molecule has 0 aliphatic heterocycles. The molecule has 0 aliphatic rings. The average Bonchev–Trinajstić information content (AvgIpc) is 2.74. The number of rotatable bonds is 8. The summed E-state index contributed by atoms with van der Waals surface area (Å²) in [7, 11) is 5.11. The zero-order valence-corrected chi connectivity index (χ0v) is 16.4. The first-order chi connectivity index (χ1) is 13.6. The van der Waals surface area contributed by atoms with Crippen LogP contribution in [-0.4, -0.2) is 21.3 Å². The fraction of sp³-hybridized carbons (Fsp3) is 0.217. The van der Waals surface area contributed by atoms with E-state index in [1.54, 1.807) is 20.3 Å². The summed E-state index contributed by atoms with van der Waals surface area (Å²) in [6.45, 7) is 1.14. The summed E-state index contributed by atoms with van der Waals surface area (Å²) in [5.74, 6) is 1.35. The largest absolute Gasteiger partial charge is 0.497 e. The predicted octanol–water partition coefficient (Wildman–Crippen LogP) is 5.09. The molecule has 0 amide bonds. The number of nitrogens with zero attached hydrogens (tertiary/aromatic N) is 1. The molecule has 0 fully saturated rings. The molecule has 3 aromatic rings. The molecule has 0 heterocycles. The number of anilines is 2. The molecular weight excluding hydrogens is 355 g/mol. The minimum absolute atomic E-state index is 0.249. The van der Waals surface area contributed by atoms with Gasteiger partial charge in [0.25, 0.3) is 0 Å². The van der Waals surface area contributed by atoms with Crippen LogP contribution in [0.3, 0.4) is 0 Å². The SMILES string of the molecule is CNc1ccc(F)c(N(Cc2ccc(OC)cc2)Cc2ccc(OC)cc2)c1. The maximum atomic E-state index is 14.7. The molecule has 0 radical (unpaired) electrons. The molecule has 146 valence electrons. The second kappa shape index (κ2) is 9.13. The molecule has 28 heavy (non-hydrogen) atoms. The van der Waals surface area contributed by atoms with Gasteiger partial charge in [0.1, 0.15) is 17.3 Å². The lowest BCUT2D eigenvalue weighted by atomic mass is 10.1. The van der Waals surface area contributed by atoms with Gasteiger partial charge >= 0.3 is 0 Å². The summed E-state index contributed by atoms with van der Waals surface area (Å²) in [5.41, 5.74) is 3.57. The van der Waals surface area contributed by atoms with Gasteiger partial charge in [-0.3, -0.25) is 0 Å². The van der Waals surface area contributed by atoms with Gasteiger partial charge in [0.2, 0.25) is 0 Å². The van der Waals surface area contributed by atoms with Gasteiger partial charge in [-0.15, -0.1) is 0 Å². The van der Waals surface area contributed by atoms with E-state index in [0.717, 1.165) is 28.3 Å². The third-order valence-corrected chi connectivity index (χ3v) is 4.64. The molecule has 0 atom stereocenters. The molecule has 0 unspecified atom stereocenters. The molecule has 0 aliphatic carbocycles. The quantitative estimate of drug-likeness (QED) is 0.590. The van der Waals surface area contributed by atoms with Crippen molar-refractivity contribution in [3.05, 3.63) is 83.7 Å². The van der Waals surface area contributed by atoms with Gasteiger partial charge in [-0.25, -0.2) is 4.39 Å². The summed E-state index contributed by atoms with van der Waals surface area (Å²) in [6, 6.07) is 20.7. The van der Waals surface area contributed by atoms with Crippen molar-refractivity contribution in [1.82, 2.24) is 0 Å². The van der Waals surface area contributed by atoms with Gasteiger partial charge in [0.15, 0.2) is 0 Å². The Hall–Kier alpha value is -3.21. The molecule has 3 aromatic carbocycles. The Kier molecular flexibility index (Phi) is 6.37. The standard InChI is InChI=1S/C23H25FN2O2/c1-25-19-8-13-22(24)23(14-19)26(15-17-4-9-20(27-2)10-5-17)16-18-6-11-21(28-3)12-7-18/h4-14,25H,15-16H2,1-3H3. The first-order valence-corrected chi connectivity index (χ1v) is 9.11. The molecule has 0 saturated heterocycles. The van der Waals surface area contributed by atoms with Gasteiger partial charge in [0.05, 0.1) is 19.9 Å². The Morgan fingerprint density at radius 3 is 1.71 bits per heavy atom. The van der Waals surface area contributed by atoms with Gasteiger partial charge in [0, 0.05) is 25.8 Å². The number of ether oxygens (including phenoxy) is 2. The summed E-state index contributed by atoms with van der Waals surface area (Å²) >= 11 is 0. The van der Waals surface area contributed by atoms with Gasteiger partial charge in [-0.1, -0.05) is 24.3 Å². The van der Waals surface area contributed by atoms with E-state index in [4.69, 9.17) is 9.47 Å². The van der Waals surface area contributed by atoms with Gasteiger partial charge in [-0.05, 0) is 53.6 Å². The van der Waals surface area contributed by atoms with E-state index >= 15 is 0 Å². The van der Waals surface area contributed by atoms with E-state index in [0.29, 0.717) is 18.8 Å². The molecule has 1 N–H and O–H groups in total. The van der Waals surface area contributed by atoms with Crippen LogP contribution in [0.25, 0.3) is 0 Å². The number of halogens is 1. The average molecular weight is 380 g/mol. The van der Waals surface area contributed by atoms with E-state index < -0.39 is 0 Å². The number of nitrogens with one attached hydrogen (secondary N) is 1. The third-order valence-electron chi connectivity index (χ3n) is 4.64. The van der Waals surface area contributed by atoms with Crippen LogP contribution in [0.15, 0.2) is 66.7 Å². The van der Waals surface area contributed by atoms with Crippen molar-refractivity contribution in [3.8, 4) is 11.5 Å². The van der Waals surface area contributed by atoms with Crippen LogP contribution in [0.4, 0.5) is 15.8 Å². The van der Waals surface area contributed by atoms with Gasteiger partial charge in [-0.2, -0.15) is 0 Å². The monoisotopic (exact) mass is 380 g/mol. The minimum Gasteiger partial charge on any atom is -0.497 e. The number of hydrogen-bond donors (Lipinski definition) is 1. The van der Waals surface area contributed by atoms with Crippen molar-refractivity contribution in [2.24, 2.45) is 0 Å². The topological polar surface area (TPSA) is 33.7 Å². The van der Waals surface area contributed by atoms with E-state index in [9.17, 15) is 4.39 Å². The Morgan fingerprint density at radius 2 is 1.29 bits per heavy atom. The normalized spacial score (nSPS) is 10.4. The zero-order valence-electron chi connectivity index (χ0n) is 16.4. The molecule has 0 saturated carbocycles. The Morgan fingerprint density at radius 1 is 0.786 bits per heavy atom. The highest BCUT2D eigenvalue weighted by atomic mass is 19.1. The Labute approximate surface area is 165 Å². The van der Waals surface area contributed by atoms with E-state index in [1.807, 2.05) is 66.5 Å². The maximum Gasteiger partial charge on any atom is 0.146 e. The first-order valence-electron chi connectivity index (χ1n) is 9.11. The summed E-state index contributed by atoms with van der Waals surface area (Å²) in [4.78, 5) is 2.03. The second-order valence-corrected chi connectivity index (χ2v) is 6.47. The number of hydrogen-bond acceptors (Lipinski definition) is 4. The van der Waals surface area contributed by atoms with E-state index in [2.05, 4.69) is 5.32 Å². The van der Waals surface area contributed by atoms with Crippen LogP contribution >= 0.6 is 0 Å². The predicted molar refractivity (Wildman–Crippen MR) is 112 cm³/mol. The van der Waals surface area contributed by atoms with Crippen LogP contribution in [0.2, 0.25) is 0 Å². The van der Waals surface area contributed by atoms with Crippen molar-refractivity contribution >= 4 is 11.4 Å². The van der Waals surface area contributed by atoms with Crippen molar-refractivity contribution < 1.29 is 13.9 Å². The van der Waals surface area contributed by atoms with E-state index in [-0.39, 0.29) is 5.82 Å².